The first-order valence-corrected chi connectivity index (χ1v) is 4.03. The molecule has 0 amide bonds. The highest BCUT2D eigenvalue weighted by atomic mass is 19.3. The zero-order valence-corrected chi connectivity index (χ0v) is 7.64. The number of hydrogen-bond donors (Lipinski definition) is 1. The minimum atomic E-state index is -2.64. The maximum atomic E-state index is 12.8. The number of nitrogens with zero attached hydrogens (tertiary/aromatic N) is 1. The first-order valence-electron chi connectivity index (χ1n) is 4.03. The van der Waals surface area contributed by atoms with Crippen LogP contribution in [0.5, 0.6) is 0 Å². The summed E-state index contributed by atoms with van der Waals surface area (Å²) < 4.78 is 25.6. The third-order valence-corrected chi connectivity index (χ3v) is 2.32. The molecule has 0 radical (unpaired) electrons. The minimum Gasteiger partial charge on any atom is -0.389 e. The van der Waals surface area contributed by atoms with Crippen molar-refractivity contribution in [1.82, 2.24) is 4.90 Å². The van der Waals surface area contributed by atoms with Crippen molar-refractivity contribution in [2.75, 3.05) is 13.6 Å². The van der Waals surface area contributed by atoms with Crippen molar-refractivity contribution in [3.8, 4) is 0 Å². The number of likely N-dealkylation sites (tertiary alicyclic amines) is 1. The maximum absolute atomic E-state index is 12.8. The van der Waals surface area contributed by atoms with Gasteiger partial charge in [0.05, 0.1) is 12.1 Å². The number of halogens is 2. The molecule has 1 fully saturated rings. The van der Waals surface area contributed by atoms with Crippen LogP contribution in [0.3, 0.4) is 0 Å². The van der Waals surface area contributed by atoms with E-state index in [-0.39, 0.29) is 13.0 Å². The van der Waals surface area contributed by atoms with E-state index >= 15 is 0 Å². The summed E-state index contributed by atoms with van der Waals surface area (Å²) in [6.07, 6.45) is -0.243. The van der Waals surface area contributed by atoms with Crippen LogP contribution in [0.1, 0.15) is 20.3 Å². The largest absolute Gasteiger partial charge is 0.389 e. The Morgan fingerprint density at radius 1 is 1.50 bits per heavy atom. The van der Waals surface area contributed by atoms with Gasteiger partial charge in [-0.1, -0.05) is 0 Å². The van der Waals surface area contributed by atoms with Gasteiger partial charge in [0.25, 0.3) is 5.92 Å². The molecule has 0 aromatic rings. The molecule has 1 saturated heterocycles. The molecule has 4 heteroatoms. The quantitative estimate of drug-likeness (QED) is 0.651. The Balaban J connectivity index is 2.71. The zero-order chi connectivity index (χ0) is 9.57. The van der Waals surface area contributed by atoms with Crippen LogP contribution in [-0.2, 0) is 0 Å². The lowest BCUT2D eigenvalue weighted by molar-refractivity contribution is -0.00549. The Morgan fingerprint density at radius 2 is 2.00 bits per heavy atom. The van der Waals surface area contributed by atoms with E-state index in [0.29, 0.717) is 0 Å². The number of likely N-dealkylation sites (N-methyl/N-ethyl adjacent to an activating group) is 1. The van der Waals surface area contributed by atoms with Gasteiger partial charge in [-0.05, 0) is 20.9 Å². The van der Waals surface area contributed by atoms with Crippen molar-refractivity contribution < 1.29 is 13.9 Å². The molecular formula is C8H15F2NO. The van der Waals surface area contributed by atoms with Gasteiger partial charge in [-0.2, -0.15) is 0 Å². The summed E-state index contributed by atoms with van der Waals surface area (Å²) >= 11 is 0. The average Bonchev–Trinajstić information content (AvgIpc) is 2.03. The minimum absolute atomic E-state index is 0.243. The summed E-state index contributed by atoms with van der Waals surface area (Å²) in [5.41, 5.74) is -1.05. The molecular weight excluding hydrogens is 164 g/mol. The van der Waals surface area contributed by atoms with E-state index in [1.165, 1.54) is 4.90 Å². The molecule has 0 saturated carbocycles. The van der Waals surface area contributed by atoms with E-state index in [4.69, 9.17) is 0 Å². The van der Waals surface area contributed by atoms with Crippen LogP contribution in [-0.4, -0.2) is 41.2 Å². The van der Waals surface area contributed by atoms with Crippen molar-refractivity contribution in [2.24, 2.45) is 0 Å². The summed E-state index contributed by atoms with van der Waals surface area (Å²) in [7, 11) is 1.61. The summed E-state index contributed by atoms with van der Waals surface area (Å²) in [6, 6.07) is -0.438. The number of aliphatic hydroxyl groups is 1. The predicted molar refractivity (Wildman–Crippen MR) is 42.3 cm³/mol. The molecule has 1 N–H and O–H groups in total. The Bertz CT molecular complexity index is 176. The molecule has 1 rings (SSSR count). The van der Waals surface area contributed by atoms with Gasteiger partial charge in [0.2, 0.25) is 0 Å². The van der Waals surface area contributed by atoms with Gasteiger partial charge in [-0.25, -0.2) is 8.78 Å². The Hall–Kier alpha value is -0.220. The Morgan fingerprint density at radius 3 is 2.17 bits per heavy atom. The number of rotatable bonds is 1. The van der Waals surface area contributed by atoms with Gasteiger partial charge in [0.1, 0.15) is 0 Å². The summed E-state index contributed by atoms with van der Waals surface area (Å²) in [6.45, 7) is 2.88. The van der Waals surface area contributed by atoms with Crippen LogP contribution < -0.4 is 0 Å². The predicted octanol–water partition coefficient (Wildman–Crippen LogP) is 1.10. The molecule has 1 atom stereocenters. The second-order valence-corrected chi connectivity index (χ2v) is 4.14. The summed E-state index contributed by atoms with van der Waals surface area (Å²) in [5, 5.41) is 9.55. The Labute approximate surface area is 71.2 Å². The van der Waals surface area contributed by atoms with Crippen LogP contribution >= 0.6 is 0 Å². The van der Waals surface area contributed by atoms with Gasteiger partial charge >= 0.3 is 0 Å². The van der Waals surface area contributed by atoms with Crippen LogP contribution in [0, 0.1) is 0 Å². The lowest BCUT2D eigenvalue weighted by atomic mass is 9.96. The van der Waals surface area contributed by atoms with Gasteiger partial charge in [0, 0.05) is 12.5 Å². The molecule has 0 aromatic heterocycles. The SMILES string of the molecule is CN1CC(F)(F)C[C@@H]1C(C)(C)O. The molecule has 1 heterocycles. The molecule has 0 spiro atoms. The fourth-order valence-electron chi connectivity index (χ4n) is 1.77. The standard InChI is InChI=1S/C8H15F2NO/c1-7(2,12)6-4-8(9,10)5-11(6)3/h6,12H,4-5H2,1-3H3/t6-/m1/s1. The smallest absolute Gasteiger partial charge is 0.262 e. The van der Waals surface area contributed by atoms with E-state index in [1.807, 2.05) is 0 Å². The first-order chi connectivity index (χ1) is 5.22. The third-order valence-electron chi connectivity index (χ3n) is 2.32. The number of alkyl halides is 2. The Kier molecular flexibility index (Phi) is 2.17. The van der Waals surface area contributed by atoms with E-state index in [0.717, 1.165) is 0 Å². The zero-order valence-electron chi connectivity index (χ0n) is 7.64. The molecule has 1 aliphatic rings. The molecule has 0 aliphatic carbocycles. The topological polar surface area (TPSA) is 23.5 Å². The molecule has 12 heavy (non-hydrogen) atoms. The normalized spacial score (nSPS) is 31.0. The lowest BCUT2D eigenvalue weighted by Gasteiger charge is -2.30. The van der Waals surface area contributed by atoms with Crippen molar-refractivity contribution in [1.29, 1.82) is 0 Å². The fraction of sp³-hybridized carbons (Fsp3) is 1.00. The monoisotopic (exact) mass is 179 g/mol. The average molecular weight is 179 g/mol. The lowest BCUT2D eigenvalue weighted by Crippen LogP contribution is -2.43. The molecule has 1 aliphatic heterocycles. The van der Waals surface area contributed by atoms with E-state index in [1.54, 1.807) is 20.9 Å². The van der Waals surface area contributed by atoms with E-state index in [2.05, 4.69) is 0 Å². The highest BCUT2D eigenvalue weighted by molar-refractivity contribution is 4.96. The van der Waals surface area contributed by atoms with Crippen LogP contribution in [0.15, 0.2) is 0 Å². The summed E-state index contributed by atoms with van der Waals surface area (Å²) in [5.74, 6) is -2.64. The summed E-state index contributed by atoms with van der Waals surface area (Å²) in [4.78, 5) is 1.51. The van der Waals surface area contributed by atoms with Crippen LogP contribution in [0.4, 0.5) is 8.78 Å². The second kappa shape index (κ2) is 2.64. The molecule has 0 unspecified atom stereocenters. The van der Waals surface area contributed by atoms with Gasteiger partial charge in [-0.3, -0.25) is 4.90 Å². The molecule has 2 nitrogen and oxygen atoms in total. The van der Waals surface area contributed by atoms with Crippen molar-refractivity contribution in [2.45, 2.75) is 37.8 Å². The molecule has 0 bridgehead atoms. The maximum Gasteiger partial charge on any atom is 0.262 e. The van der Waals surface area contributed by atoms with Crippen LogP contribution in [0.2, 0.25) is 0 Å². The molecule has 0 aromatic carbocycles. The van der Waals surface area contributed by atoms with Gasteiger partial charge < -0.3 is 5.11 Å². The first kappa shape index (κ1) is 9.86. The highest BCUT2D eigenvalue weighted by Crippen LogP contribution is 2.35. The highest BCUT2D eigenvalue weighted by Gasteiger charge is 2.48. The van der Waals surface area contributed by atoms with E-state index in [9.17, 15) is 13.9 Å². The molecule has 72 valence electrons. The van der Waals surface area contributed by atoms with Gasteiger partial charge in [-0.15, -0.1) is 0 Å². The van der Waals surface area contributed by atoms with Crippen molar-refractivity contribution >= 4 is 0 Å². The van der Waals surface area contributed by atoms with Crippen molar-refractivity contribution in [3.05, 3.63) is 0 Å². The number of hydrogen-bond acceptors (Lipinski definition) is 2. The third kappa shape index (κ3) is 1.93. The van der Waals surface area contributed by atoms with Crippen molar-refractivity contribution in [3.63, 3.8) is 0 Å². The van der Waals surface area contributed by atoms with Crippen LogP contribution in [0.25, 0.3) is 0 Å². The van der Waals surface area contributed by atoms with E-state index < -0.39 is 17.6 Å². The fourth-order valence-corrected chi connectivity index (χ4v) is 1.77. The second-order valence-electron chi connectivity index (χ2n) is 4.14. The van der Waals surface area contributed by atoms with Gasteiger partial charge in [0.15, 0.2) is 0 Å².